The average Bonchev–Trinajstić information content (AvgIpc) is 2.29. The molecule has 1 saturated heterocycles. The van der Waals surface area contributed by atoms with Gasteiger partial charge in [0.05, 0.1) is 0 Å². The minimum absolute atomic E-state index is 0.374. The first-order chi connectivity index (χ1) is 7.76. The molecule has 0 bridgehead atoms. The van der Waals surface area contributed by atoms with Gasteiger partial charge in [0.2, 0.25) is 5.96 Å². The Morgan fingerprint density at radius 3 is 2.62 bits per heavy atom. The van der Waals surface area contributed by atoms with E-state index in [9.17, 15) is 0 Å². The van der Waals surface area contributed by atoms with Crippen LogP contribution in [0.5, 0.6) is 0 Å². The van der Waals surface area contributed by atoms with Crippen molar-refractivity contribution in [1.29, 1.82) is 0 Å². The molecular weight excluding hydrogens is 202 g/mol. The number of rotatable bonds is 4. The second-order valence-corrected chi connectivity index (χ2v) is 4.37. The summed E-state index contributed by atoms with van der Waals surface area (Å²) < 4.78 is 0. The molecule has 1 aliphatic rings. The zero-order valence-electron chi connectivity index (χ0n) is 10.5. The maximum absolute atomic E-state index is 5.38. The molecule has 16 heavy (non-hydrogen) atoms. The molecule has 0 amide bonds. The Balaban J connectivity index is 2.27. The highest BCUT2D eigenvalue weighted by Gasteiger charge is 2.13. The van der Waals surface area contributed by atoms with Crippen LogP contribution in [0.4, 0.5) is 0 Å². The molecule has 1 aliphatic heterocycles. The number of piperidine rings is 1. The standard InChI is InChI=1S/C11H25N5/c1-3-13-11(15-12)14-10(2)9-16-7-5-4-6-8-16/h10H,3-9,12H2,1-2H3,(H2,13,14,15). The van der Waals surface area contributed by atoms with Gasteiger partial charge in [-0.25, -0.2) is 5.84 Å². The molecule has 0 saturated carbocycles. The third kappa shape index (κ3) is 4.81. The fraction of sp³-hybridized carbons (Fsp3) is 0.909. The van der Waals surface area contributed by atoms with Gasteiger partial charge in [0.15, 0.2) is 0 Å². The fourth-order valence-corrected chi connectivity index (χ4v) is 2.10. The zero-order valence-corrected chi connectivity index (χ0v) is 10.5. The van der Waals surface area contributed by atoms with E-state index in [-0.39, 0.29) is 0 Å². The number of nitrogens with zero attached hydrogens (tertiary/aromatic N) is 2. The summed E-state index contributed by atoms with van der Waals surface area (Å²) in [4.78, 5) is 6.73. The average molecular weight is 227 g/mol. The number of hydrogen-bond acceptors (Lipinski definition) is 3. The monoisotopic (exact) mass is 227 g/mol. The topological polar surface area (TPSA) is 65.7 Å². The maximum atomic E-state index is 5.38. The van der Waals surface area contributed by atoms with E-state index in [2.05, 4.69) is 27.6 Å². The normalized spacial score (nSPS) is 20.6. The van der Waals surface area contributed by atoms with E-state index >= 15 is 0 Å². The van der Waals surface area contributed by atoms with Gasteiger partial charge in [0, 0.05) is 19.1 Å². The van der Waals surface area contributed by atoms with E-state index in [1.807, 2.05) is 6.92 Å². The van der Waals surface area contributed by atoms with Gasteiger partial charge in [-0.05, 0) is 39.8 Å². The first-order valence-electron chi connectivity index (χ1n) is 6.26. The highest BCUT2D eigenvalue weighted by molar-refractivity contribution is 5.79. The van der Waals surface area contributed by atoms with Gasteiger partial charge in [0.25, 0.3) is 0 Å². The van der Waals surface area contributed by atoms with E-state index in [4.69, 9.17) is 5.84 Å². The molecule has 0 aromatic carbocycles. The van der Waals surface area contributed by atoms with Crippen molar-refractivity contribution in [2.75, 3.05) is 26.2 Å². The number of nitrogens with two attached hydrogens (primary N) is 1. The van der Waals surface area contributed by atoms with E-state index in [0.29, 0.717) is 12.0 Å². The first-order valence-corrected chi connectivity index (χ1v) is 6.26. The van der Waals surface area contributed by atoms with Crippen molar-refractivity contribution in [3.8, 4) is 0 Å². The van der Waals surface area contributed by atoms with E-state index in [1.165, 1.54) is 32.4 Å². The number of likely N-dealkylation sites (tertiary alicyclic amines) is 1. The summed E-state index contributed by atoms with van der Waals surface area (Å²) >= 11 is 0. The van der Waals surface area contributed by atoms with Crippen LogP contribution in [0.1, 0.15) is 33.1 Å². The minimum Gasteiger partial charge on any atom is -0.352 e. The number of hydrazine groups is 1. The summed E-state index contributed by atoms with van der Waals surface area (Å²) in [5, 5.41) is 3.29. The van der Waals surface area contributed by atoms with Gasteiger partial charge in [-0.2, -0.15) is 0 Å². The van der Waals surface area contributed by atoms with Crippen molar-refractivity contribution >= 4 is 5.96 Å². The molecule has 1 fully saturated rings. The summed E-state index contributed by atoms with van der Waals surface area (Å²) in [6.45, 7) is 8.41. The number of nitrogens with one attached hydrogen (secondary N) is 2. The Morgan fingerprint density at radius 2 is 2.06 bits per heavy atom. The Labute approximate surface area is 98.4 Å². The molecule has 1 rings (SSSR count). The van der Waals surface area contributed by atoms with E-state index in [1.54, 1.807) is 0 Å². The smallest absolute Gasteiger partial charge is 0.205 e. The molecule has 0 aromatic heterocycles. The third-order valence-corrected chi connectivity index (χ3v) is 2.82. The quantitative estimate of drug-likeness (QED) is 0.279. The van der Waals surface area contributed by atoms with Gasteiger partial charge in [-0.15, -0.1) is 0 Å². The lowest BCUT2D eigenvalue weighted by Gasteiger charge is -2.29. The van der Waals surface area contributed by atoms with Crippen LogP contribution in [0.25, 0.3) is 0 Å². The SMILES string of the molecule is CCN=C(NN)NC(C)CN1CCCCC1. The number of guanidine groups is 1. The Morgan fingerprint density at radius 1 is 1.38 bits per heavy atom. The Kier molecular flexibility index (Phi) is 6.18. The van der Waals surface area contributed by atoms with Crippen LogP contribution < -0.4 is 16.6 Å². The fourth-order valence-electron chi connectivity index (χ4n) is 2.10. The molecule has 1 unspecified atom stereocenters. The van der Waals surface area contributed by atoms with Crippen LogP contribution >= 0.6 is 0 Å². The van der Waals surface area contributed by atoms with Crippen LogP contribution in [0, 0.1) is 0 Å². The molecule has 94 valence electrons. The molecular formula is C11H25N5. The van der Waals surface area contributed by atoms with Crippen molar-refractivity contribution in [2.45, 2.75) is 39.2 Å². The second kappa shape index (κ2) is 7.46. The number of hydrogen-bond donors (Lipinski definition) is 3. The van der Waals surface area contributed by atoms with Gasteiger partial charge >= 0.3 is 0 Å². The maximum Gasteiger partial charge on any atom is 0.205 e. The van der Waals surface area contributed by atoms with Crippen LogP contribution in [-0.4, -0.2) is 43.1 Å². The van der Waals surface area contributed by atoms with E-state index < -0.39 is 0 Å². The largest absolute Gasteiger partial charge is 0.352 e. The van der Waals surface area contributed by atoms with Crippen LogP contribution in [0.2, 0.25) is 0 Å². The lowest BCUT2D eigenvalue weighted by atomic mass is 10.1. The van der Waals surface area contributed by atoms with Crippen molar-refractivity contribution in [3.05, 3.63) is 0 Å². The molecule has 0 spiro atoms. The molecule has 1 heterocycles. The van der Waals surface area contributed by atoms with E-state index in [0.717, 1.165) is 13.1 Å². The van der Waals surface area contributed by atoms with Crippen molar-refractivity contribution in [1.82, 2.24) is 15.6 Å². The second-order valence-electron chi connectivity index (χ2n) is 4.37. The summed E-state index contributed by atoms with van der Waals surface area (Å²) in [7, 11) is 0. The molecule has 0 radical (unpaired) electrons. The third-order valence-electron chi connectivity index (χ3n) is 2.82. The molecule has 5 heteroatoms. The van der Waals surface area contributed by atoms with Crippen LogP contribution in [0.15, 0.2) is 4.99 Å². The molecule has 4 N–H and O–H groups in total. The predicted octanol–water partition coefficient (Wildman–Crippen LogP) is 0.290. The molecule has 0 aliphatic carbocycles. The Hall–Kier alpha value is -0.810. The lowest BCUT2D eigenvalue weighted by molar-refractivity contribution is 0.214. The molecule has 5 nitrogen and oxygen atoms in total. The van der Waals surface area contributed by atoms with Gasteiger partial charge in [0.1, 0.15) is 0 Å². The Bertz CT molecular complexity index is 210. The summed E-state index contributed by atoms with van der Waals surface area (Å²) in [6, 6.07) is 0.374. The molecule has 0 aromatic rings. The van der Waals surface area contributed by atoms with Crippen LogP contribution in [-0.2, 0) is 0 Å². The highest BCUT2D eigenvalue weighted by atomic mass is 15.3. The summed E-state index contributed by atoms with van der Waals surface area (Å²) in [5.41, 5.74) is 2.59. The molecule has 1 atom stereocenters. The van der Waals surface area contributed by atoms with Crippen molar-refractivity contribution in [2.24, 2.45) is 10.8 Å². The van der Waals surface area contributed by atoms with Crippen LogP contribution in [0.3, 0.4) is 0 Å². The van der Waals surface area contributed by atoms with Crippen molar-refractivity contribution < 1.29 is 0 Å². The lowest BCUT2D eigenvalue weighted by Crippen LogP contribution is -2.49. The predicted molar refractivity (Wildman–Crippen MR) is 68.2 cm³/mol. The van der Waals surface area contributed by atoms with Crippen molar-refractivity contribution in [3.63, 3.8) is 0 Å². The van der Waals surface area contributed by atoms with Gasteiger partial charge in [-0.3, -0.25) is 10.4 Å². The van der Waals surface area contributed by atoms with Gasteiger partial charge < -0.3 is 10.2 Å². The summed E-state index contributed by atoms with van der Waals surface area (Å²) in [5.74, 6) is 6.07. The van der Waals surface area contributed by atoms with Gasteiger partial charge in [-0.1, -0.05) is 6.42 Å². The minimum atomic E-state index is 0.374. The first kappa shape index (κ1) is 13.3. The summed E-state index contributed by atoms with van der Waals surface area (Å²) in [6.07, 6.45) is 4.04. The highest BCUT2D eigenvalue weighted by Crippen LogP contribution is 2.08. The number of aliphatic imine (C=N–C) groups is 1. The zero-order chi connectivity index (χ0) is 11.8.